The van der Waals surface area contributed by atoms with E-state index in [1.165, 1.54) is 23.8 Å². The van der Waals surface area contributed by atoms with Crippen molar-refractivity contribution in [1.82, 2.24) is 14.1 Å². The Morgan fingerprint density at radius 3 is 3.06 bits per heavy atom. The van der Waals surface area contributed by atoms with Crippen LogP contribution in [0.4, 0.5) is 5.69 Å². The average molecular weight is 232 g/mol. The largest absolute Gasteiger partial charge is 0.366 e. The Hall–Kier alpha value is -1.20. The molecule has 0 spiro atoms. The summed E-state index contributed by atoms with van der Waals surface area (Å²) in [4.78, 5) is 2.50. The summed E-state index contributed by atoms with van der Waals surface area (Å²) in [5.74, 6) is 0. The molecule has 2 aromatic rings. The first-order chi connectivity index (χ1) is 7.90. The molecule has 82 valence electrons. The first-order valence-corrected chi connectivity index (χ1v) is 6.35. The van der Waals surface area contributed by atoms with Crippen molar-refractivity contribution in [3.05, 3.63) is 18.2 Å². The minimum absolute atomic E-state index is 0.675. The summed E-state index contributed by atoms with van der Waals surface area (Å²) >= 11 is 1.29. The maximum Gasteiger partial charge on any atom is 0.106 e. The lowest BCUT2D eigenvalue weighted by atomic mass is 10.2. The molecular weight excluding hydrogens is 220 g/mol. The zero-order valence-electron chi connectivity index (χ0n) is 8.76. The summed E-state index contributed by atoms with van der Waals surface area (Å²) in [7, 11) is 0. The standard InChI is InChI=1S/C11H12N4S/c1-2-10-11(14-16-13-10)4-8(1)15-6-7-3-9(15)5-12-7/h1-2,4,7,9,12H,3,5-6H2/t7-,9-/m0/s1. The Balaban J connectivity index is 1.76. The van der Waals surface area contributed by atoms with Crippen molar-refractivity contribution in [3.8, 4) is 0 Å². The Morgan fingerprint density at radius 1 is 1.31 bits per heavy atom. The summed E-state index contributed by atoms with van der Waals surface area (Å²) in [6, 6.07) is 7.78. The Morgan fingerprint density at radius 2 is 2.25 bits per heavy atom. The van der Waals surface area contributed by atoms with Gasteiger partial charge in [-0.3, -0.25) is 0 Å². The highest BCUT2D eigenvalue weighted by atomic mass is 32.1. The van der Waals surface area contributed by atoms with Crippen LogP contribution in [0.15, 0.2) is 18.2 Å². The fourth-order valence-corrected chi connectivity index (χ4v) is 3.34. The third-order valence-corrected chi connectivity index (χ3v) is 4.18. The molecule has 0 radical (unpaired) electrons. The van der Waals surface area contributed by atoms with Crippen molar-refractivity contribution >= 4 is 28.4 Å². The van der Waals surface area contributed by atoms with E-state index < -0.39 is 0 Å². The van der Waals surface area contributed by atoms with Crippen LogP contribution in [0, 0.1) is 0 Å². The molecule has 0 amide bonds. The molecule has 4 nitrogen and oxygen atoms in total. The van der Waals surface area contributed by atoms with Crippen LogP contribution < -0.4 is 10.2 Å². The summed E-state index contributed by atoms with van der Waals surface area (Å²) in [5.41, 5.74) is 3.34. The number of nitrogens with zero attached hydrogens (tertiary/aromatic N) is 3. The molecule has 5 heteroatoms. The predicted molar refractivity (Wildman–Crippen MR) is 65.0 cm³/mol. The van der Waals surface area contributed by atoms with Crippen molar-refractivity contribution in [1.29, 1.82) is 0 Å². The molecule has 1 aromatic heterocycles. The molecule has 2 aliphatic heterocycles. The molecule has 2 atom stereocenters. The fourth-order valence-electron chi connectivity index (χ4n) is 2.83. The molecular formula is C11H12N4S. The van der Waals surface area contributed by atoms with Crippen LogP contribution in [-0.4, -0.2) is 33.9 Å². The number of fused-ring (bicyclic) bond motifs is 3. The number of piperazine rings is 1. The average Bonchev–Trinajstić information content (AvgIpc) is 3.03. The van der Waals surface area contributed by atoms with Gasteiger partial charge in [0.1, 0.15) is 11.0 Å². The van der Waals surface area contributed by atoms with E-state index in [9.17, 15) is 0 Å². The van der Waals surface area contributed by atoms with Gasteiger partial charge in [0.05, 0.1) is 11.7 Å². The third kappa shape index (κ3) is 1.18. The van der Waals surface area contributed by atoms with E-state index in [2.05, 4.69) is 37.2 Å². The summed E-state index contributed by atoms with van der Waals surface area (Å²) < 4.78 is 8.54. The molecule has 2 bridgehead atoms. The van der Waals surface area contributed by atoms with Crippen molar-refractivity contribution in [2.24, 2.45) is 0 Å². The molecule has 0 saturated carbocycles. The molecule has 0 unspecified atom stereocenters. The highest BCUT2D eigenvalue weighted by Gasteiger charge is 2.37. The van der Waals surface area contributed by atoms with Crippen molar-refractivity contribution in [2.75, 3.05) is 18.0 Å². The van der Waals surface area contributed by atoms with E-state index in [0.29, 0.717) is 12.1 Å². The Bertz CT molecular complexity index is 538. The number of hydrogen-bond donors (Lipinski definition) is 1. The molecule has 3 heterocycles. The number of hydrogen-bond acceptors (Lipinski definition) is 5. The second kappa shape index (κ2) is 3.15. The molecule has 1 aromatic carbocycles. The lowest BCUT2D eigenvalue weighted by molar-refractivity contribution is 0.580. The van der Waals surface area contributed by atoms with E-state index in [1.54, 1.807) is 0 Å². The molecule has 2 fully saturated rings. The van der Waals surface area contributed by atoms with Crippen LogP contribution in [0.1, 0.15) is 6.42 Å². The fraction of sp³-hybridized carbons (Fsp3) is 0.455. The van der Waals surface area contributed by atoms with Gasteiger partial charge in [0.25, 0.3) is 0 Å². The minimum Gasteiger partial charge on any atom is -0.366 e. The van der Waals surface area contributed by atoms with Gasteiger partial charge in [-0.2, -0.15) is 8.75 Å². The van der Waals surface area contributed by atoms with Crippen LogP contribution in [0.2, 0.25) is 0 Å². The van der Waals surface area contributed by atoms with Gasteiger partial charge in [-0.1, -0.05) is 0 Å². The first-order valence-electron chi connectivity index (χ1n) is 5.62. The monoisotopic (exact) mass is 232 g/mol. The van der Waals surface area contributed by atoms with Gasteiger partial charge in [0.15, 0.2) is 0 Å². The third-order valence-electron chi connectivity index (χ3n) is 3.63. The number of benzene rings is 1. The highest BCUT2D eigenvalue weighted by molar-refractivity contribution is 7.00. The second-order valence-electron chi connectivity index (χ2n) is 4.58. The van der Waals surface area contributed by atoms with Gasteiger partial charge in [-0.25, -0.2) is 0 Å². The van der Waals surface area contributed by atoms with Gasteiger partial charge in [-0.05, 0) is 24.6 Å². The topological polar surface area (TPSA) is 41.1 Å². The summed E-state index contributed by atoms with van der Waals surface area (Å²) in [6.45, 7) is 2.26. The number of anilines is 1. The number of rotatable bonds is 1. The van der Waals surface area contributed by atoms with Gasteiger partial charge in [0, 0.05) is 30.9 Å². The van der Waals surface area contributed by atoms with Gasteiger partial charge in [-0.15, -0.1) is 0 Å². The van der Waals surface area contributed by atoms with Crippen molar-refractivity contribution in [3.63, 3.8) is 0 Å². The maximum absolute atomic E-state index is 4.30. The number of aromatic nitrogens is 2. The molecule has 1 N–H and O–H groups in total. The predicted octanol–water partition coefficient (Wildman–Crippen LogP) is 1.24. The van der Waals surface area contributed by atoms with Gasteiger partial charge in [0.2, 0.25) is 0 Å². The van der Waals surface area contributed by atoms with Crippen LogP contribution in [0.5, 0.6) is 0 Å². The highest BCUT2D eigenvalue weighted by Crippen LogP contribution is 2.30. The van der Waals surface area contributed by atoms with Crippen molar-refractivity contribution in [2.45, 2.75) is 18.5 Å². The van der Waals surface area contributed by atoms with Crippen LogP contribution in [0.3, 0.4) is 0 Å². The lowest BCUT2D eigenvalue weighted by Crippen LogP contribution is -2.43. The first kappa shape index (κ1) is 8.90. The van der Waals surface area contributed by atoms with Crippen LogP contribution in [-0.2, 0) is 0 Å². The van der Waals surface area contributed by atoms with Gasteiger partial charge >= 0.3 is 0 Å². The smallest absolute Gasteiger partial charge is 0.106 e. The maximum atomic E-state index is 4.30. The number of nitrogens with one attached hydrogen (secondary N) is 1. The van der Waals surface area contributed by atoms with Crippen LogP contribution >= 0.6 is 11.7 Å². The quantitative estimate of drug-likeness (QED) is 0.803. The van der Waals surface area contributed by atoms with E-state index in [0.717, 1.165) is 24.1 Å². The zero-order chi connectivity index (χ0) is 10.5. The van der Waals surface area contributed by atoms with Crippen molar-refractivity contribution < 1.29 is 0 Å². The SMILES string of the molecule is c1cc2nsnc2cc1N1C[C@@H]2C[C@H]1CN2. The zero-order valence-corrected chi connectivity index (χ0v) is 9.57. The second-order valence-corrected chi connectivity index (χ2v) is 5.11. The van der Waals surface area contributed by atoms with Gasteiger partial charge < -0.3 is 10.2 Å². The Labute approximate surface area is 97.6 Å². The minimum atomic E-state index is 0.675. The summed E-state index contributed by atoms with van der Waals surface area (Å²) in [6.07, 6.45) is 1.29. The molecule has 16 heavy (non-hydrogen) atoms. The van der Waals surface area contributed by atoms with E-state index in [-0.39, 0.29) is 0 Å². The molecule has 2 saturated heterocycles. The van der Waals surface area contributed by atoms with Crippen LogP contribution in [0.25, 0.3) is 11.0 Å². The molecule has 0 aliphatic carbocycles. The Kier molecular flexibility index (Phi) is 1.75. The lowest BCUT2D eigenvalue weighted by Gasteiger charge is -2.29. The summed E-state index contributed by atoms with van der Waals surface area (Å²) in [5, 5.41) is 3.52. The van der Waals surface area contributed by atoms with E-state index in [1.807, 2.05) is 0 Å². The molecule has 4 rings (SSSR count). The van der Waals surface area contributed by atoms with E-state index >= 15 is 0 Å². The van der Waals surface area contributed by atoms with E-state index in [4.69, 9.17) is 0 Å². The molecule has 2 aliphatic rings. The normalized spacial score (nSPS) is 28.1.